The minimum atomic E-state index is -3.62. The fourth-order valence-electron chi connectivity index (χ4n) is 3.13. The van der Waals surface area contributed by atoms with Gasteiger partial charge in [-0.3, -0.25) is 9.52 Å². The lowest BCUT2D eigenvalue weighted by Gasteiger charge is -2.28. The van der Waals surface area contributed by atoms with E-state index in [2.05, 4.69) is 20.1 Å². The van der Waals surface area contributed by atoms with Crippen molar-refractivity contribution in [1.82, 2.24) is 5.43 Å². The van der Waals surface area contributed by atoms with Crippen LogP contribution in [0.1, 0.15) is 15.9 Å². The third-order valence-corrected chi connectivity index (χ3v) is 7.59. The molecule has 3 aromatic rings. The highest BCUT2D eigenvalue weighted by molar-refractivity contribution is 7.94. The molecule has 166 valence electrons. The van der Waals surface area contributed by atoms with E-state index in [1.54, 1.807) is 17.7 Å². The average molecular weight is 471 g/mol. The summed E-state index contributed by atoms with van der Waals surface area (Å²) in [7, 11) is -3.62. The molecule has 0 saturated carbocycles. The Labute approximate surface area is 190 Å². The highest BCUT2D eigenvalue weighted by Gasteiger charge is 2.15. The van der Waals surface area contributed by atoms with Crippen molar-refractivity contribution in [2.24, 2.45) is 5.10 Å². The van der Waals surface area contributed by atoms with Crippen LogP contribution in [0.2, 0.25) is 0 Å². The molecule has 10 heteroatoms. The Hall–Kier alpha value is -3.21. The van der Waals surface area contributed by atoms with Crippen LogP contribution in [0.3, 0.4) is 0 Å². The van der Waals surface area contributed by atoms with Gasteiger partial charge in [0.1, 0.15) is 4.21 Å². The lowest BCUT2D eigenvalue weighted by molar-refractivity contribution is 0.0955. The summed E-state index contributed by atoms with van der Waals surface area (Å²) in [5, 5.41) is 5.70. The number of hydrazone groups is 1. The molecule has 1 amide bonds. The zero-order valence-electron chi connectivity index (χ0n) is 17.1. The lowest BCUT2D eigenvalue weighted by atomic mass is 10.2. The molecule has 0 aliphatic carbocycles. The highest BCUT2D eigenvalue weighted by Crippen LogP contribution is 2.20. The molecule has 2 aromatic carbocycles. The van der Waals surface area contributed by atoms with Gasteiger partial charge in [-0.05, 0) is 53.4 Å². The molecule has 2 N–H and O–H groups in total. The second-order valence-corrected chi connectivity index (χ2v) is 9.86. The van der Waals surface area contributed by atoms with E-state index in [0.717, 1.165) is 48.9 Å². The summed E-state index contributed by atoms with van der Waals surface area (Å²) in [5.41, 5.74) is 5.21. The van der Waals surface area contributed by atoms with Gasteiger partial charge in [0.2, 0.25) is 0 Å². The number of thiophene rings is 1. The van der Waals surface area contributed by atoms with Gasteiger partial charge in [-0.25, -0.2) is 13.8 Å². The number of carbonyl (C=O) groups is 1. The fraction of sp³-hybridized carbons (Fsp3) is 0.182. The number of amides is 1. The van der Waals surface area contributed by atoms with Gasteiger partial charge in [-0.1, -0.05) is 18.2 Å². The number of ether oxygens (including phenoxy) is 1. The summed E-state index contributed by atoms with van der Waals surface area (Å²) < 4.78 is 32.6. The maximum Gasteiger partial charge on any atom is 0.271 e. The predicted octanol–water partition coefficient (Wildman–Crippen LogP) is 3.15. The summed E-state index contributed by atoms with van der Waals surface area (Å²) in [4.78, 5) is 14.6. The van der Waals surface area contributed by atoms with Crippen molar-refractivity contribution in [3.05, 3.63) is 77.2 Å². The molecule has 0 atom stereocenters. The topological polar surface area (TPSA) is 100 Å². The van der Waals surface area contributed by atoms with Crippen molar-refractivity contribution >= 4 is 44.9 Å². The van der Waals surface area contributed by atoms with Gasteiger partial charge < -0.3 is 9.64 Å². The first kappa shape index (κ1) is 22.0. The molecular weight excluding hydrogens is 448 g/mol. The molecule has 2 heterocycles. The van der Waals surface area contributed by atoms with E-state index in [9.17, 15) is 13.2 Å². The van der Waals surface area contributed by atoms with Gasteiger partial charge in [0.15, 0.2) is 0 Å². The van der Waals surface area contributed by atoms with Crippen LogP contribution in [0, 0.1) is 0 Å². The van der Waals surface area contributed by atoms with Crippen molar-refractivity contribution in [2.45, 2.75) is 4.21 Å². The predicted molar refractivity (Wildman–Crippen MR) is 126 cm³/mol. The molecule has 0 bridgehead atoms. The molecule has 1 aliphatic heterocycles. The molecule has 4 rings (SSSR count). The molecule has 8 nitrogen and oxygen atoms in total. The summed E-state index contributed by atoms with van der Waals surface area (Å²) >= 11 is 1.13. The first-order valence-electron chi connectivity index (χ1n) is 9.94. The number of hydrogen-bond acceptors (Lipinski definition) is 7. The summed E-state index contributed by atoms with van der Waals surface area (Å²) in [6.45, 7) is 3.21. The number of morpholine rings is 1. The Kier molecular flexibility index (Phi) is 6.84. The lowest BCUT2D eigenvalue weighted by Crippen LogP contribution is -2.36. The zero-order valence-corrected chi connectivity index (χ0v) is 18.7. The SMILES string of the molecule is O=C(N/N=C\c1ccc(N2CCOCC2)cc1)c1ccc(NS(=O)(=O)c2cccs2)cc1. The maximum atomic E-state index is 12.3. The van der Waals surface area contributed by atoms with Crippen molar-refractivity contribution in [1.29, 1.82) is 0 Å². The van der Waals surface area contributed by atoms with Crippen molar-refractivity contribution < 1.29 is 17.9 Å². The maximum absolute atomic E-state index is 12.3. The number of sulfonamides is 1. The average Bonchev–Trinajstić information content (AvgIpc) is 3.37. The number of hydrogen-bond donors (Lipinski definition) is 2. The van der Waals surface area contributed by atoms with E-state index < -0.39 is 10.0 Å². The van der Waals surface area contributed by atoms with Crippen LogP contribution in [0.5, 0.6) is 0 Å². The monoisotopic (exact) mass is 470 g/mol. The fourth-order valence-corrected chi connectivity index (χ4v) is 5.19. The van der Waals surface area contributed by atoms with Gasteiger partial charge in [0.05, 0.1) is 19.4 Å². The van der Waals surface area contributed by atoms with Crippen LogP contribution in [-0.4, -0.2) is 46.8 Å². The Balaban J connectivity index is 1.31. The Bertz CT molecular complexity index is 1170. The second-order valence-electron chi connectivity index (χ2n) is 7.01. The molecule has 32 heavy (non-hydrogen) atoms. The second kappa shape index (κ2) is 9.94. The summed E-state index contributed by atoms with van der Waals surface area (Å²) in [6.07, 6.45) is 1.57. The third-order valence-electron chi connectivity index (χ3n) is 4.81. The van der Waals surface area contributed by atoms with Gasteiger partial charge in [-0.15, -0.1) is 11.3 Å². The molecule has 0 radical (unpaired) electrons. The van der Waals surface area contributed by atoms with Crippen LogP contribution in [0.15, 0.2) is 75.4 Å². The third kappa shape index (κ3) is 5.52. The molecule has 1 saturated heterocycles. The van der Waals surface area contributed by atoms with Gasteiger partial charge >= 0.3 is 0 Å². The van der Waals surface area contributed by atoms with Crippen LogP contribution in [0.25, 0.3) is 0 Å². The Morgan fingerprint density at radius 3 is 2.41 bits per heavy atom. The summed E-state index contributed by atoms with van der Waals surface area (Å²) in [5.74, 6) is -0.390. The molecule has 1 fully saturated rings. The van der Waals surface area contributed by atoms with E-state index in [1.807, 2.05) is 24.3 Å². The quantitative estimate of drug-likeness (QED) is 0.408. The van der Waals surface area contributed by atoms with Gasteiger partial charge in [0.25, 0.3) is 15.9 Å². The Morgan fingerprint density at radius 2 is 1.75 bits per heavy atom. The van der Waals surface area contributed by atoms with Gasteiger partial charge in [-0.2, -0.15) is 5.10 Å². The molecule has 0 unspecified atom stereocenters. The number of nitrogens with zero attached hydrogens (tertiary/aromatic N) is 2. The smallest absolute Gasteiger partial charge is 0.271 e. The van der Waals surface area contributed by atoms with Crippen LogP contribution >= 0.6 is 11.3 Å². The van der Waals surface area contributed by atoms with Crippen molar-refractivity contribution in [3.63, 3.8) is 0 Å². The zero-order chi connectivity index (χ0) is 22.4. The van der Waals surface area contributed by atoms with E-state index in [0.29, 0.717) is 11.3 Å². The largest absolute Gasteiger partial charge is 0.378 e. The van der Waals surface area contributed by atoms with Crippen LogP contribution in [0.4, 0.5) is 11.4 Å². The molecule has 1 aliphatic rings. The van der Waals surface area contributed by atoms with E-state index in [4.69, 9.17) is 4.74 Å². The minimum absolute atomic E-state index is 0.228. The van der Waals surface area contributed by atoms with E-state index >= 15 is 0 Å². The first-order valence-corrected chi connectivity index (χ1v) is 12.3. The first-order chi connectivity index (χ1) is 15.5. The van der Waals surface area contributed by atoms with Crippen LogP contribution in [-0.2, 0) is 14.8 Å². The normalized spacial score (nSPS) is 14.4. The number of anilines is 2. The number of carbonyl (C=O) groups excluding carboxylic acids is 1. The van der Waals surface area contributed by atoms with Crippen LogP contribution < -0.4 is 15.0 Å². The van der Waals surface area contributed by atoms with E-state index in [-0.39, 0.29) is 10.1 Å². The van der Waals surface area contributed by atoms with E-state index in [1.165, 1.54) is 30.3 Å². The Morgan fingerprint density at radius 1 is 1.03 bits per heavy atom. The van der Waals surface area contributed by atoms with Crippen molar-refractivity contribution in [3.8, 4) is 0 Å². The number of rotatable bonds is 7. The van der Waals surface area contributed by atoms with Gasteiger partial charge in [0, 0.05) is 30.0 Å². The number of benzene rings is 2. The minimum Gasteiger partial charge on any atom is -0.378 e. The molecule has 0 spiro atoms. The molecular formula is C22H22N4O4S2. The molecule has 1 aromatic heterocycles. The highest BCUT2D eigenvalue weighted by atomic mass is 32.2. The number of nitrogens with one attached hydrogen (secondary N) is 2. The standard InChI is InChI=1S/C22H22N4O4S2/c27-22(18-5-7-19(8-6-18)25-32(28,29)21-2-1-15-31-21)24-23-16-17-3-9-20(10-4-17)26-11-13-30-14-12-26/h1-10,15-16,25H,11-14H2,(H,24,27)/b23-16-. The summed E-state index contributed by atoms with van der Waals surface area (Å²) in [6, 6.07) is 17.3. The van der Waals surface area contributed by atoms with Crippen molar-refractivity contribution in [2.75, 3.05) is 35.9 Å².